The number of aliphatic hydroxyl groups excluding tert-OH is 1. The van der Waals surface area contributed by atoms with Gasteiger partial charge < -0.3 is 20.6 Å². The molecule has 1 unspecified atom stereocenters. The Hall–Kier alpha value is -0.450. The highest BCUT2D eigenvalue weighted by Crippen LogP contribution is 1.88. The van der Waals surface area contributed by atoms with Crippen molar-refractivity contribution >= 4 is 6.21 Å². The fraction of sp³-hybridized carbons (Fsp3) is 0.857. The lowest BCUT2D eigenvalue weighted by molar-refractivity contribution is -0.0773. The van der Waals surface area contributed by atoms with Crippen LogP contribution in [-0.4, -0.2) is 37.8 Å². The van der Waals surface area contributed by atoms with Gasteiger partial charge in [0.1, 0.15) is 0 Å². The standard InChI is InChI=1S/C7H16N2O2/c1-11-7(10)3-6-9-5-2-4-8/h4,7-10H,2-3,5-6H2,1H3. The van der Waals surface area contributed by atoms with E-state index in [9.17, 15) is 0 Å². The summed E-state index contributed by atoms with van der Waals surface area (Å²) in [5, 5.41) is 18.7. The number of aliphatic hydroxyl groups is 1. The SMILES string of the molecule is COC(O)CCNCCC=N. The van der Waals surface area contributed by atoms with Gasteiger partial charge in [0, 0.05) is 20.1 Å². The topological polar surface area (TPSA) is 65.3 Å². The van der Waals surface area contributed by atoms with E-state index in [1.807, 2.05) is 0 Å². The van der Waals surface area contributed by atoms with Gasteiger partial charge in [0.05, 0.1) is 0 Å². The molecule has 0 aromatic heterocycles. The van der Waals surface area contributed by atoms with Crippen LogP contribution in [0, 0.1) is 5.41 Å². The summed E-state index contributed by atoms with van der Waals surface area (Å²) in [4.78, 5) is 0. The fourth-order valence-corrected chi connectivity index (χ4v) is 0.643. The summed E-state index contributed by atoms with van der Waals surface area (Å²) in [5.41, 5.74) is 0. The lowest BCUT2D eigenvalue weighted by Crippen LogP contribution is -2.22. The first-order chi connectivity index (χ1) is 5.31. The third kappa shape index (κ3) is 7.45. The van der Waals surface area contributed by atoms with Crippen LogP contribution in [-0.2, 0) is 4.74 Å². The number of rotatable bonds is 7. The van der Waals surface area contributed by atoms with E-state index in [0.717, 1.165) is 19.5 Å². The predicted molar refractivity (Wildman–Crippen MR) is 43.9 cm³/mol. The molecule has 0 aromatic rings. The molecule has 66 valence electrons. The van der Waals surface area contributed by atoms with Crippen molar-refractivity contribution in [3.8, 4) is 0 Å². The molecule has 3 N–H and O–H groups in total. The smallest absolute Gasteiger partial charge is 0.155 e. The van der Waals surface area contributed by atoms with Crippen LogP contribution in [0.2, 0.25) is 0 Å². The Morgan fingerprint density at radius 3 is 2.91 bits per heavy atom. The van der Waals surface area contributed by atoms with Crippen molar-refractivity contribution in [3.05, 3.63) is 0 Å². The second-order valence-electron chi connectivity index (χ2n) is 2.22. The van der Waals surface area contributed by atoms with E-state index in [4.69, 9.17) is 10.5 Å². The van der Waals surface area contributed by atoms with Crippen LogP contribution in [0.5, 0.6) is 0 Å². The van der Waals surface area contributed by atoms with Gasteiger partial charge >= 0.3 is 0 Å². The Kier molecular flexibility index (Phi) is 7.34. The molecule has 1 atom stereocenters. The summed E-state index contributed by atoms with van der Waals surface area (Å²) >= 11 is 0. The van der Waals surface area contributed by atoms with Gasteiger partial charge in [-0.2, -0.15) is 0 Å². The first-order valence-corrected chi connectivity index (χ1v) is 3.71. The fourth-order valence-electron chi connectivity index (χ4n) is 0.643. The highest BCUT2D eigenvalue weighted by molar-refractivity contribution is 5.52. The van der Waals surface area contributed by atoms with E-state index < -0.39 is 6.29 Å². The van der Waals surface area contributed by atoms with Gasteiger partial charge in [0.25, 0.3) is 0 Å². The number of nitrogens with one attached hydrogen (secondary N) is 2. The summed E-state index contributed by atoms with van der Waals surface area (Å²) in [6, 6.07) is 0. The Morgan fingerprint density at radius 1 is 1.64 bits per heavy atom. The third-order valence-corrected chi connectivity index (χ3v) is 1.31. The van der Waals surface area contributed by atoms with Crippen molar-refractivity contribution in [3.63, 3.8) is 0 Å². The van der Waals surface area contributed by atoms with Crippen LogP contribution in [0.25, 0.3) is 0 Å². The van der Waals surface area contributed by atoms with E-state index in [-0.39, 0.29) is 0 Å². The Bertz CT molecular complexity index is 98.4. The maximum absolute atomic E-state index is 8.91. The van der Waals surface area contributed by atoms with Crippen LogP contribution in [0.4, 0.5) is 0 Å². The van der Waals surface area contributed by atoms with Crippen LogP contribution in [0.1, 0.15) is 12.8 Å². The predicted octanol–water partition coefficient (Wildman–Crippen LogP) is -0.0294. The summed E-state index contributed by atoms with van der Waals surface area (Å²) in [6.07, 6.45) is 2.03. The van der Waals surface area contributed by atoms with E-state index >= 15 is 0 Å². The normalized spacial score (nSPS) is 12.9. The van der Waals surface area contributed by atoms with Crippen molar-refractivity contribution in [2.75, 3.05) is 20.2 Å². The highest BCUT2D eigenvalue weighted by Gasteiger charge is 1.98. The second kappa shape index (κ2) is 7.65. The van der Waals surface area contributed by atoms with Crippen LogP contribution in [0.15, 0.2) is 0 Å². The molecule has 0 bridgehead atoms. The molecule has 0 aromatic carbocycles. The maximum atomic E-state index is 8.91. The highest BCUT2D eigenvalue weighted by atomic mass is 16.6. The molecule has 4 heteroatoms. The lowest BCUT2D eigenvalue weighted by atomic mass is 10.4. The molecule has 0 spiro atoms. The monoisotopic (exact) mass is 160 g/mol. The van der Waals surface area contributed by atoms with Gasteiger partial charge in [0.15, 0.2) is 6.29 Å². The maximum Gasteiger partial charge on any atom is 0.155 e. The van der Waals surface area contributed by atoms with E-state index in [1.54, 1.807) is 0 Å². The van der Waals surface area contributed by atoms with Crippen LogP contribution < -0.4 is 5.32 Å². The van der Waals surface area contributed by atoms with Crippen LogP contribution >= 0.6 is 0 Å². The lowest BCUT2D eigenvalue weighted by Gasteiger charge is -2.07. The third-order valence-electron chi connectivity index (χ3n) is 1.31. The molecule has 0 aliphatic carbocycles. The number of ether oxygens (including phenoxy) is 1. The minimum Gasteiger partial charge on any atom is -0.368 e. The zero-order valence-electron chi connectivity index (χ0n) is 6.84. The minimum absolute atomic E-state index is 0.592. The van der Waals surface area contributed by atoms with Gasteiger partial charge in [-0.1, -0.05) is 0 Å². The van der Waals surface area contributed by atoms with Gasteiger partial charge in [-0.3, -0.25) is 0 Å². The average Bonchev–Trinajstić information content (AvgIpc) is 2.04. The van der Waals surface area contributed by atoms with E-state index in [1.165, 1.54) is 13.3 Å². The molecule has 0 radical (unpaired) electrons. The zero-order valence-corrected chi connectivity index (χ0v) is 6.84. The molecular weight excluding hydrogens is 144 g/mol. The molecule has 0 rings (SSSR count). The zero-order chi connectivity index (χ0) is 8.53. The van der Waals surface area contributed by atoms with Gasteiger partial charge in [-0.25, -0.2) is 0 Å². The second-order valence-corrected chi connectivity index (χ2v) is 2.22. The Labute approximate surface area is 67.1 Å². The Morgan fingerprint density at radius 2 is 2.36 bits per heavy atom. The summed E-state index contributed by atoms with van der Waals surface area (Å²) in [7, 11) is 1.47. The quantitative estimate of drug-likeness (QED) is 0.278. The van der Waals surface area contributed by atoms with E-state index in [2.05, 4.69) is 10.1 Å². The van der Waals surface area contributed by atoms with E-state index in [0.29, 0.717) is 6.42 Å². The first-order valence-electron chi connectivity index (χ1n) is 3.71. The Balaban J connectivity index is 2.95. The van der Waals surface area contributed by atoms with Gasteiger partial charge in [-0.15, -0.1) is 0 Å². The average molecular weight is 160 g/mol. The molecule has 11 heavy (non-hydrogen) atoms. The minimum atomic E-state index is -0.664. The van der Waals surface area contributed by atoms with Gasteiger partial charge in [0.2, 0.25) is 0 Å². The summed E-state index contributed by atoms with van der Waals surface area (Å²) in [6.45, 7) is 1.52. The largest absolute Gasteiger partial charge is 0.368 e. The first kappa shape index (κ1) is 10.6. The van der Waals surface area contributed by atoms with Crippen molar-refractivity contribution in [1.82, 2.24) is 5.32 Å². The van der Waals surface area contributed by atoms with Crippen LogP contribution in [0.3, 0.4) is 0 Å². The van der Waals surface area contributed by atoms with Crippen molar-refractivity contribution in [2.24, 2.45) is 0 Å². The number of hydrogen-bond donors (Lipinski definition) is 3. The molecular formula is C7H16N2O2. The number of hydrogen-bond acceptors (Lipinski definition) is 4. The molecule has 0 aliphatic heterocycles. The summed E-state index contributed by atoms with van der Waals surface area (Å²) in [5.74, 6) is 0. The molecule has 0 heterocycles. The molecule has 0 fully saturated rings. The molecule has 0 amide bonds. The number of methoxy groups -OCH3 is 1. The van der Waals surface area contributed by atoms with Gasteiger partial charge in [-0.05, 0) is 19.2 Å². The van der Waals surface area contributed by atoms with Crippen molar-refractivity contribution in [1.29, 1.82) is 5.41 Å². The molecule has 0 saturated carbocycles. The molecule has 0 aliphatic rings. The molecule has 0 saturated heterocycles. The van der Waals surface area contributed by atoms with Crippen molar-refractivity contribution in [2.45, 2.75) is 19.1 Å². The molecule has 4 nitrogen and oxygen atoms in total. The van der Waals surface area contributed by atoms with Crippen molar-refractivity contribution < 1.29 is 9.84 Å². The summed E-state index contributed by atoms with van der Waals surface area (Å²) < 4.78 is 4.63.